The molecule has 1 rings (SSSR count). The lowest BCUT2D eigenvalue weighted by Gasteiger charge is -2.17. The highest BCUT2D eigenvalue weighted by Crippen LogP contribution is 2.13. The summed E-state index contributed by atoms with van der Waals surface area (Å²) in [6.07, 6.45) is 14.6. The first-order chi connectivity index (χ1) is 42.5. The van der Waals surface area contributed by atoms with Gasteiger partial charge in [0.05, 0.1) is 87.1 Å². The number of esters is 7. The van der Waals surface area contributed by atoms with Crippen molar-refractivity contribution in [2.75, 3.05) is 72.7 Å². The van der Waals surface area contributed by atoms with E-state index < -0.39 is 55.0 Å². The molecule has 24 heteroatoms. The maximum atomic E-state index is 11.9. The van der Waals surface area contributed by atoms with Gasteiger partial charge in [-0.15, -0.1) is 26.3 Å². The predicted octanol–water partition coefficient (Wildman–Crippen LogP) is 8.94. The van der Waals surface area contributed by atoms with Crippen molar-refractivity contribution in [1.82, 2.24) is 0 Å². The molecule has 0 fully saturated rings. The number of benzene rings is 1. The smallest absolute Gasteiger partial charge is 0.338 e. The molecule has 1 aromatic rings. The third-order valence-corrected chi connectivity index (χ3v) is 10.2. The van der Waals surface area contributed by atoms with Crippen molar-refractivity contribution in [2.24, 2.45) is 0 Å². The van der Waals surface area contributed by atoms with Crippen LogP contribution in [-0.2, 0) is 76.1 Å². The van der Waals surface area contributed by atoms with Gasteiger partial charge in [0.25, 0.3) is 0 Å². The molecule has 0 saturated carbocycles. The number of ether oxygens (including phenoxy) is 10. The lowest BCUT2D eigenvalue weighted by atomic mass is 10.1. The lowest BCUT2D eigenvalue weighted by molar-refractivity contribution is -0.156. The molecular formula is C65H76N6O18. The lowest BCUT2D eigenvalue weighted by Crippen LogP contribution is -2.25. The van der Waals surface area contributed by atoms with E-state index in [-0.39, 0.29) is 135 Å². The van der Waals surface area contributed by atoms with Gasteiger partial charge in [0.15, 0.2) is 5.78 Å². The van der Waals surface area contributed by atoms with Gasteiger partial charge in [0, 0.05) is 12.8 Å². The van der Waals surface area contributed by atoms with E-state index in [1.165, 1.54) is 24.3 Å². The number of carbonyl (C=O) groups is 8. The summed E-state index contributed by atoms with van der Waals surface area (Å²) >= 11 is 0. The average molecular weight is 1230 g/mol. The van der Waals surface area contributed by atoms with Gasteiger partial charge in [0.1, 0.15) is 78.8 Å². The molecule has 0 amide bonds. The van der Waals surface area contributed by atoms with Crippen LogP contribution in [0.25, 0.3) is 0 Å². The van der Waals surface area contributed by atoms with Crippen LogP contribution in [0, 0.1) is 68.0 Å². The molecule has 0 aliphatic carbocycles. The molecule has 0 aliphatic rings. The number of hydrogen-bond donors (Lipinski definition) is 0. The van der Waals surface area contributed by atoms with Crippen molar-refractivity contribution in [3.05, 3.63) is 159 Å². The fraction of sp³-hybridized carbons (Fsp3) is 0.385. The van der Waals surface area contributed by atoms with Crippen molar-refractivity contribution in [1.29, 1.82) is 31.6 Å². The maximum Gasteiger partial charge on any atom is 0.338 e. The molecule has 0 aliphatic heterocycles. The number of ketones is 1. The molecule has 0 N–H and O–H groups in total. The monoisotopic (exact) mass is 1230 g/mol. The third kappa shape index (κ3) is 50.4. The van der Waals surface area contributed by atoms with Crippen LogP contribution in [-0.4, -0.2) is 132 Å². The highest BCUT2D eigenvalue weighted by Gasteiger charge is 2.17. The molecular weight excluding hydrogens is 1150 g/mol. The number of rotatable bonds is 43. The van der Waals surface area contributed by atoms with Crippen molar-refractivity contribution in [3.63, 3.8) is 0 Å². The summed E-state index contributed by atoms with van der Waals surface area (Å²) in [4.78, 5) is 91.7. The molecule has 0 aromatic heterocycles. The molecule has 0 heterocycles. The number of Topliss-reactive ketones (excluding diaryl/α,β-unsaturated/α-hetero) is 1. The molecule has 0 radical (unpaired) electrons. The number of unbranched alkanes of at least 4 members (excludes halogenated alkanes) is 1. The molecule has 0 atom stereocenters. The summed E-state index contributed by atoms with van der Waals surface area (Å²) in [6.45, 7) is 32.6. The second-order valence-electron chi connectivity index (χ2n) is 17.9. The van der Waals surface area contributed by atoms with Gasteiger partial charge in [-0.1, -0.05) is 63.8 Å². The topological polar surface area (TPSA) is 372 Å². The summed E-state index contributed by atoms with van der Waals surface area (Å²) in [5.41, 5.74) is 1.27. The van der Waals surface area contributed by atoms with Gasteiger partial charge in [-0.25, -0.2) is 24.0 Å². The Kier molecular flexibility index (Phi) is 51.3. The predicted molar refractivity (Wildman–Crippen MR) is 322 cm³/mol. The number of allylic oxidation sites excluding steroid dienone is 4. The van der Waals surface area contributed by atoms with E-state index in [0.29, 0.717) is 25.7 Å². The molecule has 24 nitrogen and oxygen atoms in total. The largest absolute Gasteiger partial charge is 0.461 e. The minimum atomic E-state index is -0.731. The molecule has 0 saturated heterocycles. The summed E-state index contributed by atoms with van der Waals surface area (Å²) in [7, 11) is 0. The summed E-state index contributed by atoms with van der Waals surface area (Å²) in [5, 5.41) is 50.5. The number of nitriles is 6. The Morgan fingerprint density at radius 3 is 0.966 bits per heavy atom. The Labute approximate surface area is 520 Å². The second-order valence-corrected chi connectivity index (χ2v) is 17.9. The normalized spacial score (nSPS) is 9.44. The average Bonchev–Trinajstić information content (AvgIpc) is 2.93. The van der Waals surface area contributed by atoms with Gasteiger partial charge in [0.2, 0.25) is 0 Å². The van der Waals surface area contributed by atoms with E-state index in [9.17, 15) is 38.4 Å². The number of hydrogen-bond acceptors (Lipinski definition) is 24. The molecule has 1 aromatic carbocycles. The van der Waals surface area contributed by atoms with Crippen molar-refractivity contribution < 1.29 is 85.7 Å². The van der Waals surface area contributed by atoms with Crippen LogP contribution in [0.3, 0.4) is 0 Å². The van der Waals surface area contributed by atoms with E-state index in [2.05, 4.69) is 75.3 Å². The van der Waals surface area contributed by atoms with Gasteiger partial charge in [-0.2, -0.15) is 31.6 Å². The van der Waals surface area contributed by atoms with Crippen molar-refractivity contribution >= 4 is 47.6 Å². The van der Waals surface area contributed by atoms with Gasteiger partial charge >= 0.3 is 41.8 Å². The van der Waals surface area contributed by atoms with Crippen LogP contribution < -0.4 is 0 Å². The SMILES string of the molecule is C=C(C#N)COC(=O)CCCCC(=O)OCC(=C)C#N.C=C(C#N)COC(=O)COCC(=O)OCC(=C)C#N.C=C(C#N)COC(=O)c1ccc(C(=O)OCC(=C)C#N)cc1.C=CCCC(CCC=C)OCC(=O)COCC(=O)OC(CCC=C)CCC=C. The Morgan fingerprint density at radius 2 is 0.652 bits per heavy atom. The first-order valence-electron chi connectivity index (χ1n) is 27.0. The van der Waals surface area contributed by atoms with Crippen LogP contribution in [0.5, 0.6) is 0 Å². The fourth-order valence-electron chi connectivity index (χ4n) is 5.57. The molecule has 0 spiro atoms. The van der Waals surface area contributed by atoms with Gasteiger partial charge < -0.3 is 47.4 Å². The van der Waals surface area contributed by atoms with Crippen molar-refractivity contribution in [2.45, 2.75) is 89.3 Å². The van der Waals surface area contributed by atoms with Crippen LogP contribution in [0.4, 0.5) is 0 Å². The van der Waals surface area contributed by atoms with Crippen LogP contribution >= 0.6 is 0 Å². The summed E-state index contributed by atoms with van der Waals surface area (Å²) in [5.74, 6) is -4.27. The molecule has 89 heavy (non-hydrogen) atoms. The zero-order chi connectivity index (χ0) is 67.6. The Morgan fingerprint density at radius 1 is 0.371 bits per heavy atom. The highest BCUT2D eigenvalue weighted by atomic mass is 16.6. The van der Waals surface area contributed by atoms with Crippen LogP contribution in [0.15, 0.2) is 148 Å². The first-order valence-corrected chi connectivity index (χ1v) is 27.0. The van der Waals surface area contributed by atoms with E-state index in [1.807, 2.05) is 12.2 Å². The summed E-state index contributed by atoms with van der Waals surface area (Å²) in [6, 6.07) is 16.1. The summed E-state index contributed by atoms with van der Waals surface area (Å²) < 4.78 is 49.4. The minimum Gasteiger partial charge on any atom is -0.461 e. The maximum absolute atomic E-state index is 11.9. The van der Waals surface area contributed by atoms with E-state index >= 15 is 0 Å². The number of nitrogens with zero attached hydrogens (tertiary/aromatic N) is 6. The Balaban J connectivity index is -0.00000112. The van der Waals surface area contributed by atoms with Gasteiger partial charge in [-0.05, 0) is 88.5 Å². The Hall–Kier alpha value is -10.6. The second kappa shape index (κ2) is 55.3. The van der Waals surface area contributed by atoms with E-state index in [4.69, 9.17) is 69.5 Å². The van der Waals surface area contributed by atoms with Crippen LogP contribution in [0.2, 0.25) is 0 Å². The molecule has 0 bridgehead atoms. The minimum absolute atomic E-state index is 0.0135. The zero-order valence-electron chi connectivity index (χ0n) is 50.1. The van der Waals surface area contributed by atoms with Crippen LogP contribution in [0.1, 0.15) is 97.8 Å². The highest BCUT2D eigenvalue weighted by molar-refractivity contribution is 5.93. The first kappa shape index (κ1) is 82.6. The number of carbonyl (C=O) groups excluding carboxylic acids is 8. The van der Waals surface area contributed by atoms with E-state index in [1.54, 1.807) is 48.6 Å². The third-order valence-electron chi connectivity index (χ3n) is 10.2. The van der Waals surface area contributed by atoms with E-state index in [0.717, 1.165) is 38.5 Å². The van der Waals surface area contributed by atoms with Crippen molar-refractivity contribution in [3.8, 4) is 36.4 Å². The molecule has 474 valence electrons. The zero-order valence-corrected chi connectivity index (χ0v) is 50.1. The fourth-order valence-corrected chi connectivity index (χ4v) is 5.57. The standard InChI is InChI=1S/C23H36O5.C16H12N2O4.C14H16N2O4.C12H12N2O5/c1-5-9-13-21(14-10-6-2)27-18-20(24)17-26-19-23(25)28-22(15-11-7-3)16-12-8-4;1-11(7-17)9-21-15(19)13-3-5-14(6-4-13)16(20)22-10-12(2)8-18;1-11(7-15)9-19-13(17)5-3-4-6-14(18)20-10-12(2)8-16;1-9(3-13)5-18-11(15)7-17-8-12(16)19-6-10(2)4-14/h5-8,21-22H,1-4,9-19H2;3-6H,1-2,9-10H2;1-6,9-10H2;1-2,5-8H2. The molecule has 0 unspecified atom stereocenters. The quantitative estimate of drug-likeness (QED) is 0.0193. The van der Waals surface area contributed by atoms with Gasteiger partial charge in [-0.3, -0.25) is 14.4 Å². The Bertz CT molecular complexity index is 2700.